The molecule has 0 fully saturated rings. The van der Waals surface area contributed by atoms with Crippen molar-refractivity contribution in [2.45, 2.75) is 5.22 Å². The van der Waals surface area contributed by atoms with E-state index in [-0.39, 0.29) is 6.79 Å². The second kappa shape index (κ2) is 5.56. The maximum atomic E-state index is 5.71. The number of furan rings is 1. The average molecular weight is 292 g/mol. The van der Waals surface area contributed by atoms with Crippen molar-refractivity contribution in [2.24, 2.45) is 0 Å². The summed E-state index contributed by atoms with van der Waals surface area (Å²) in [5.41, 5.74) is 0.692. The molecule has 2 heterocycles. The lowest BCUT2D eigenvalue weighted by atomic mass is 10.2. The summed E-state index contributed by atoms with van der Waals surface area (Å²) in [4.78, 5) is 0. The number of benzene rings is 1. The van der Waals surface area contributed by atoms with Crippen LogP contribution in [0.2, 0.25) is 0 Å². The number of aromatic nitrogens is 2. The van der Waals surface area contributed by atoms with Gasteiger partial charge in [0.2, 0.25) is 0 Å². The molecule has 20 heavy (non-hydrogen) atoms. The van der Waals surface area contributed by atoms with Crippen molar-refractivity contribution in [1.82, 2.24) is 10.2 Å². The lowest BCUT2D eigenvalue weighted by molar-refractivity contribution is 0.0522. The second-order valence-electron chi connectivity index (χ2n) is 3.91. The predicted octanol–water partition coefficient (Wildman–Crippen LogP) is 3.19. The van der Waals surface area contributed by atoms with Gasteiger partial charge < -0.3 is 18.3 Å². The standard InChI is InChI=1S/C13H12N2O4S/c1-16-7-17-9-4-3-5-10-8(9)6-11(18-10)12-14-15-13(19-12)20-2/h3-6H,7H2,1-2H3. The molecule has 0 aliphatic carbocycles. The first kappa shape index (κ1) is 13.0. The van der Waals surface area contributed by atoms with Crippen LogP contribution in [0.25, 0.3) is 22.6 Å². The molecule has 7 heteroatoms. The molecule has 0 saturated heterocycles. The predicted molar refractivity (Wildman–Crippen MR) is 73.8 cm³/mol. The maximum absolute atomic E-state index is 5.71. The third-order valence-electron chi connectivity index (χ3n) is 2.65. The Balaban J connectivity index is 2.01. The first-order chi connectivity index (χ1) is 9.81. The Morgan fingerprint density at radius 1 is 1.25 bits per heavy atom. The van der Waals surface area contributed by atoms with E-state index < -0.39 is 0 Å². The second-order valence-corrected chi connectivity index (χ2v) is 4.66. The van der Waals surface area contributed by atoms with Gasteiger partial charge in [-0.05, 0) is 18.4 Å². The molecule has 0 spiro atoms. The minimum absolute atomic E-state index is 0.177. The number of fused-ring (bicyclic) bond motifs is 1. The van der Waals surface area contributed by atoms with Crippen LogP contribution in [0.4, 0.5) is 0 Å². The van der Waals surface area contributed by atoms with Crippen molar-refractivity contribution in [3.63, 3.8) is 0 Å². The fourth-order valence-electron chi connectivity index (χ4n) is 1.78. The van der Waals surface area contributed by atoms with Crippen molar-refractivity contribution < 1.29 is 18.3 Å². The van der Waals surface area contributed by atoms with E-state index in [0.29, 0.717) is 28.2 Å². The lowest BCUT2D eigenvalue weighted by Gasteiger charge is -2.04. The SMILES string of the molecule is COCOc1cccc2oc(-c3nnc(SC)o3)cc12. The summed E-state index contributed by atoms with van der Waals surface area (Å²) in [5, 5.41) is 9.17. The van der Waals surface area contributed by atoms with Gasteiger partial charge in [-0.15, -0.1) is 10.2 Å². The number of rotatable bonds is 5. The highest BCUT2D eigenvalue weighted by Gasteiger charge is 2.15. The Labute approximate surface area is 119 Å². The summed E-state index contributed by atoms with van der Waals surface area (Å²) < 4.78 is 21.6. The highest BCUT2D eigenvalue weighted by atomic mass is 32.2. The molecule has 6 nitrogen and oxygen atoms in total. The Hall–Kier alpha value is -1.99. The molecule has 0 aliphatic heterocycles. The molecule has 3 rings (SSSR count). The van der Waals surface area contributed by atoms with Gasteiger partial charge in [0, 0.05) is 13.2 Å². The van der Waals surface area contributed by atoms with Gasteiger partial charge in [0.1, 0.15) is 11.3 Å². The molecule has 3 aromatic rings. The van der Waals surface area contributed by atoms with Gasteiger partial charge in [-0.25, -0.2) is 0 Å². The van der Waals surface area contributed by atoms with Crippen molar-refractivity contribution in [2.75, 3.05) is 20.2 Å². The number of methoxy groups -OCH3 is 1. The first-order valence-corrected chi connectivity index (χ1v) is 7.06. The van der Waals surface area contributed by atoms with Crippen LogP contribution >= 0.6 is 11.8 Å². The van der Waals surface area contributed by atoms with Crippen LogP contribution in [0.5, 0.6) is 5.75 Å². The van der Waals surface area contributed by atoms with Crippen molar-refractivity contribution in [3.05, 3.63) is 24.3 Å². The van der Waals surface area contributed by atoms with Gasteiger partial charge >= 0.3 is 0 Å². The van der Waals surface area contributed by atoms with Crippen LogP contribution < -0.4 is 4.74 Å². The van der Waals surface area contributed by atoms with E-state index in [1.54, 1.807) is 7.11 Å². The highest BCUT2D eigenvalue weighted by Crippen LogP contribution is 2.33. The monoisotopic (exact) mass is 292 g/mol. The maximum Gasteiger partial charge on any atom is 0.284 e. The summed E-state index contributed by atoms with van der Waals surface area (Å²) in [6.45, 7) is 0.177. The third-order valence-corrected chi connectivity index (χ3v) is 3.16. The van der Waals surface area contributed by atoms with E-state index >= 15 is 0 Å². The van der Waals surface area contributed by atoms with Crippen LogP contribution in [0.1, 0.15) is 0 Å². The highest BCUT2D eigenvalue weighted by molar-refractivity contribution is 7.98. The molecule has 0 saturated carbocycles. The third kappa shape index (κ3) is 2.37. The van der Waals surface area contributed by atoms with E-state index in [2.05, 4.69) is 10.2 Å². The molecule has 2 aromatic heterocycles. The molecule has 0 aliphatic rings. The van der Waals surface area contributed by atoms with E-state index in [1.165, 1.54) is 11.8 Å². The normalized spacial score (nSPS) is 11.1. The minimum Gasteiger partial charge on any atom is -0.467 e. The Morgan fingerprint density at radius 3 is 2.90 bits per heavy atom. The minimum atomic E-state index is 0.177. The smallest absolute Gasteiger partial charge is 0.284 e. The topological polar surface area (TPSA) is 70.5 Å². The molecule has 0 bridgehead atoms. The van der Waals surface area contributed by atoms with Crippen LogP contribution in [0.15, 0.2) is 38.3 Å². The van der Waals surface area contributed by atoms with E-state index in [1.807, 2.05) is 30.5 Å². The van der Waals surface area contributed by atoms with Crippen molar-refractivity contribution in [3.8, 4) is 17.4 Å². The zero-order valence-electron chi connectivity index (χ0n) is 11.0. The number of hydrogen-bond acceptors (Lipinski definition) is 7. The van der Waals surface area contributed by atoms with Crippen LogP contribution in [-0.4, -0.2) is 30.4 Å². The van der Waals surface area contributed by atoms with Gasteiger partial charge in [-0.1, -0.05) is 17.8 Å². The molecule has 0 radical (unpaired) electrons. The fourth-order valence-corrected chi connectivity index (χ4v) is 2.06. The molecule has 104 valence electrons. The summed E-state index contributed by atoms with van der Waals surface area (Å²) in [6, 6.07) is 7.37. The Morgan fingerprint density at radius 2 is 2.15 bits per heavy atom. The number of hydrogen-bond donors (Lipinski definition) is 0. The first-order valence-electron chi connectivity index (χ1n) is 5.84. The summed E-state index contributed by atoms with van der Waals surface area (Å²) in [7, 11) is 1.57. The number of thioether (sulfide) groups is 1. The van der Waals surface area contributed by atoms with Gasteiger partial charge in [-0.3, -0.25) is 0 Å². The van der Waals surface area contributed by atoms with Crippen molar-refractivity contribution >= 4 is 22.7 Å². The Kier molecular flexibility index (Phi) is 3.62. The summed E-state index contributed by atoms with van der Waals surface area (Å²) in [6.07, 6.45) is 1.87. The molecule has 0 unspecified atom stereocenters. The number of nitrogens with zero attached hydrogens (tertiary/aromatic N) is 2. The molecule has 0 amide bonds. The van der Waals surface area contributed by atoms with Crippen LogP contribution in [0.3, 0.4) is 0 Å². The Bertz CT molecular complexity index is 722. The molecular formula is C13H12N2O4S. The quantitative estimate of drug-likeness (QED) is 0.528. The van der Waals surface area contributed by atoms with E-state index in [9.17, 15) is 0 Å². The summed E-state index contributed by atoms with van der Waals surface area (Å²) >= 11 is 1.38. The largest absolute Gasteiger partial charge is 0.467 e. The molecular weight excluding hydrogens is 280 g/mol. The van der Waals surface area contributed by atoms with Gasteiger partial charge in [0.25, 0.3) is 11.1 Å². The zero-order chi connectivity index (χ0) is 13.9. The lowest BCUT2D eigenvalue weighted by Crippen LogP contribution is -1.98. The van der Waals surface area contributed by atoms with Gasteiger partial charge in [0.15, 0.2) is 12.6 Å². The van der Waals surface area contributed by atoms with Gasteiger partial charge in [0.05, 0.1) is 5.39 Å². The summed E-state index contributed by atoms with van der Waals surface area (Å²) in [5.74, 6) is 1.55. The fraction of sp³-hybridized carbons (Fsp3) is 0.231. The van der Waals surface area contributed by atoms with Crippen LogP contribution in [0, 0.1) is 0 Å². The average Bonchev–Trinajstić information content (AvgIpc) is 3.10. The van der Waals surface area contributed by atoms with E-state index in [0.717, 1.165) is 5.39 Å². The number of ether oxygens (including phenoxy) is 2. The zero-order valence-corrected chi connectivity index (χ0v) is 11.8. The van der Waals surface area contributed by atoms with Crippen LogP contribution in [-0.2, 0) is 4.74 Å². The van der Waals surface area contributed by atoms with Gasteiger partial charge in [-0.2, -0.15) is 0 Å². The van der Waals surface area contributed by atoms with Crippen molar-refractivity contribution in [1.29, 1.82) is 0 Å². The molecule has 1 aromatic carbocycles. The molecule has 0 atom stereocenters. The molecule has 0 N–H and O–H groups in total. The van der Waals surface area contributed by atoms with E-state index in [4.69, 9.17) is 18.3 Å².